The summed E-state index contributed by atoms with van der Waals surface area (Å²) >= 11 is 0. The molecule has 2 N–H and O–H groups in total. The first-order valence-electron chi connectivity index (χ1n) is 9.10. The van der Waals surface area contributed by atoms with Gasteiger partial charge in [-0.15, -0.1) is 0 Å². The zero-order valence-corrected chi connectivity index (χ0v) is 14.8. The second-order valence-electron chi connectivity index (χ2n) is 6.10. The molecule has 1 aliphatic rings. The molecule has 1 fully saturated rings. The summed E-state index contributed by atoms with van der Waals surface area (Å²) in [7, 11) is 0. The SMILES string of the molecule is CCNC(=NCCCOCC1CC1)NCCOCc1ccccc1. The van der Waals surface area contributed by atoms with Gasteiger partial charge in [-0.1, -0.05) is 30.3 Å². The molecule has 0 aromatic heterocycles. The highest BCUT2D eigenvalue weighted by atomic mass is 16.5. The van der Waals surface area contributed by atoms with Crippen molar-refractivity contribution in [3.8, 4) is 0 Å². The molecule has 0 amide bonds. The summed E-state index contributed by atoms with van der Waals surface area (Å²) in [6.07, 6.45) is 3.66. The van der Waals surface area contributed by atoms with Crippen LogP contribution in [0.3, 0.4) is 0 Å². The number of nitrogens with one attached hydrogen (secondary N) is 2. The summed E-state index contributed by atoms with van der Waals surface area (Å²) < 4.78 is 11.3. The molecule has 2 rings (SSSR count). The van der Waals surface area contributed by atoms with Crippen LogP contribution in [-0.4, -0.2) is 45.4 Å². The molecule has 0 heterocycles. The van der Waals surface area contributed by atoms with Crippen LogP contribution in [0.5, 0.6) is 0 Å². The van der Waals surface area contributed by atoms with Gasteiger partial charge in [-0.25, -0.2) is 0 Å². The summed E-state index contributed by atoms with van der Waals surface area (Å²) in [6.45, 7) is 7.50. The van der Waals surface area contributed by atoms with E-state index < -0.39 is 0 Å². The first-order chi connectivity index (χ1) is 11.9. The predicted molar refractivity (Wildman–Crippen MR) is 98.2 cm³/mol. The molecule has 1 aromatic carbocycles. The second kappa shape index (κ2) is 11.9. The van der Waals surface area contributed by atoms with Crippen molar-refractivity contribution in [3.63, 3.8) is 0 Å². The Morgan fingerprint density at radius 1 is 1.12 bits per heavy atom. The molecule has 24 heavy (non-hydrogen) atoms. The van der Waals surface area contributed by atoms with Crippen molar-refractivity contribution in [1.82, 2.24) is 10.6 Å². The van der Waals surface area contributed by atoms with Gasteiger partial charge in [0.15, 0.2) is 5.96 Å². The van der Waals surface area contributed by atoms with E-state index >= 15 is 0 Å². The van der Waals surface area contributed by atoms with Crippen molar-refractivity contribution in [1.29, 1.82) is 0 Å². The van der Waals surface area contributed by atoms with Crippen LogP contribution >= 0.6 is 0 Å². The van der Waals surface area contributed by atoms with Gasteiger partial charge < -0.3 is 20.1 Å². The smallest absolute Gasteiger partial charge is 0.191 e. The van der Waals surface area contributed by atoms with Crippen LogP contribution in [-0.2, 0) is 16.1 Å². The lowest BCUT2D eigenvalue weighted by atomic mass is 10.2. The summed E-state index contributed by atoms with van der Waals surface area (Å²) in [5.41, 5.74) is 1.20. The molecule has 0 spiro atoms. The fourth-order valence-electron chi connectivity index (χ4n) is 2.24. The highest BCUT2D eigenvalue weighted by Crippen LogP contribution is 2.28. The summed E-state index contributed by atoms with van der Waals surface area (Å²) in [4.78, 5) is 4.56. The maximum Gasteiger partial charge on any atom is 0.191 e. The van der Waals surface area contributed by atoms with Crippen molar-refractivity contribution >= 4 is 5.96 Å². The zero-order chi connectivity index (χ0) is 16.9. The summed E-state index contributed by atoms with van der Waals surface area (Å²) in [6, 6.07) is 10.2. The topological polar surface area (TPSA) is 54.9 Å². The predicted octanol–water partition coefficient (Wildman–Crippen LogP) is 2.58. The number of hydrogen-bond donors (Lipinski definition) is 2. The molecule has 1 saturated carbocycles. The number of guanidine groups is 1. The average Bonchev–Trinajstić information content (AvgIpc) is 3.42. The molecule has 5 nitrogen and oxygen atoms in total. The van der Waals surface area contributed by atoms with E-state index in [0.29, 0.717) is 13.2 Å². The van der Waals surface area contributed by atoms with Crippen LogP contribution in [0.4, 0.5) is 0 Å². The Hall–Kier alpha value is -1.59. The Labute approximate surface area is 145 Å². The molecule has 5 heteroatoms. The third kappa shape index (κ3) is 8.89. The van der Waals surface area contributed by atoms with Gasteiger partial charge in [-0.05, 0) is 37.7 Å². The van der Waals surface area contributed by atoms with Crippen molar-refractivity contribution in [2.45, 2.75) is 32.8 Å². The lowest BCUT2D eigenvalue weighted by Crippen LogP contribution is -2.39. The summed E-state index contributed by atoms with van der Waals surface area (Å²) in [5, 5.41) is 6.55. The Kier molecular flexibility index (Phi) is 9.27. The van der Waals surface area contributed by atoms with Gasteiger partial charge in [-0.3, -0.25) is 4.99 Å². The minimum absolute atomic E-state index is 0.647. The third-order valence-electron chi connectivity index (χ3n) is 3.76. The van der Waals surface area contributed by atoms with Gasteiger partial charge in [0.25, 0.3) is 0 Å². The van der Waals surface area contributed by atoms with Gasteiger partial charge in [0.1, 0.15) is 0 Å². The van der Waals surface area contributed by atoms with E-state index in [4.69, 9.17) is 9.47 Å². The Bertz CT molecular complexity index is 461. The van der Waals surface area contributed by atoms with Crippen molar-refractivity contribution in [2.24, 2.45) is 10.9 Å². The molecule has 0 saturated heterocycles. The first-order valence-corrected chi connectivity index (χ1v) is 9.10. The molecule has 134 valence electrons. The lowest BCUT2D eigenvalue weighted by Gasteiger charge is -2.11. The quantitative estimate of drug-likeness (QED) is 0.351. The van der Waals surface area contributed by atoms with Crippen molar-refractivity contribution in [2.75, 3.05) is 39.5 Å². The number of ether oxygens (including phenoxy) is 2. The number of aliphatic imine (C=N–C) groups is 1. The molecular weight excluding hydrogens is 302 g/mol. The normalized spacial score (nSPS) is 14.6. The van der Waals surface area contributed by atoms with Crippen LogP contribution in [0.1, 0.15) is 31.7 Å². The lowest BCUT2D eigenvalue weighted by molar-refractivity contribution is 0.123. The maximum atomic E-state index is 5.67. The van der Waals surface area contributed by atoms with Crippen LogP contribution in [0.15, 0.2) is 35.3 Å². The second-order valence-corrected chi connectivity index (χ2v) is 6.10. The van der Waals surface area contributed by atoms with E-state index in [1.54, 1.807) is 0 Å². The fourth-order valence-corrected chi connectivity index (χ4v) is 2.24. The largest absolute Gasteiger partial charge is 0.381 e. The molecule has 1 aliphatic carbocycles. The Balaban J connectivity index is 1.51. The number of hydrogen-bond acceptors (Lipinski definition) is 3. The monoisotopic (exact) mass is 333 g/mol. The van der Waals surface area contributed by atoms with Crippen LogP contribution in [0.25, 0.3) is 0 Å². The first kappa shape index (κ1) is 18.7. The third-order valence-corrected chi connectivity index (χ3v) is 3.76. The van der Waals surface area contributed by atoms with Crippen molar-refractivity contribution in [3.05, 3.63) is 35.9 Å². The number of benzene rings is 1. The van der Waals surface area contributed by atoms with Gasteiger partial charge in [-0.2, -0.15) is 0 Å². The Morgan fingerprint density at radius 2 is 1.96 bits per heavy atom. The van der Waals surface area contributed by atoms with Crippen LogP contribution in [0.2, 0.25) is 0 Å². The maximum absolute atomic E-state index is 5.67. The molecular formula is C19H31N3O2. The van der Waals surface area contributed by atoms with E-state index in [1.165, 1.54) is 18.4 Å². The number of rotatable bonds is 12. The minimum Gasteiger partial charge on any atom is -0.381 e. The van der Waals surface area contributed by atoms with Gasteiger partial charge in [0, 0.05) is 32.8 Å². The molecule has 1 aromatic rings. The average molecular weight is 333 g/mol. The highest BCUT2D eigenvalue weighted by Gasteiger charge is 2.20. The number of nitrogens with zero attached hydrogens (tertiary/aromatic N) is 1. The molecule has 0 bridgehead atoms. The minimum atomic E-state index is 0.647. The van der Waals surface area contributed by atoms with E-state index in [2.05, 4.69) is 34.7 Å². The standard InChI is InChI=1S/C19H31N3O2/c1-2-20-19(21-11-6-13-23-16-18-9-10-18)22-12-14-24-15-17-7-4-3-5-8-17/h3-5,7-8,18H,2,6,9-16H2,1H3,(H2,20,21,22). The van der Waals surface area contributed by atoms with Gasteiger partial charge in [0.2, 0.25) is 0 Å². The molecule has 0 atom stereocenters. The molecule has 0 radical (unpaired) electrons. The highest BCUT2D eigenvalue weighted by molar-refractivity contribution is 5.79. The zero-order valence-electron chi connectivity index (χ0n) is 14.8. The van der Waals surface area contributed by atoms with Gasteiger partial charge in [0.05, 0.1) is 13.2 Å². The molecule has 0 aliphatic heterocycles. The summed E-state index contributed by atoms with van der Waals surface area (Å²) in [5.74, 6) is 1.69. The van der Waals surface area contributed by atoms with Gasteiger partial charge >= 0.3 is 0 Å². The van der Waals surface area contributed by atoms with Crippen molar-refractivity contribution < 1.29 is 9.47 Å². The van der Waals surface area contributed by atoms with E-state index in [0.717, 1.165) is 51.1 Å². The van der Waals surface area contributed by atoms with E-state index in [9.17, 15) is 0 Å². The fraction of sp³-hybridized carbons (Fsp3) is 0.632. The van der Waals surface area contributed by atoms with Crippen LogP contribution < -0.4 is 10.6 Å². The van der Waals surface area contributed by atoms with Crippen LogP contribution in [0, 0.1) is 5.92 Å². The molecule has 0 unspecified atom stereocenters. The van der Waals surface area contributed by atoms with E-state index in [1.807, 2.05) is 18.2 Å². The van der Waals surface area contributed by atoms with E-state index in [-0.39, 0.29) is 0 Å². The Morgan fingerprint density at radius 3 is 2.71 bits per heavy atom.